The molecular formula is C23H28O9. The molecule has 2 rings (SSSR count). The quantitative estimate of drug-likeness (QED) is 0.350. The van der Waals surface area contributed by atoms with Gasteiger partial charge in [0.15, 0.2) is 11.6 Å². The maximum Gasteiger partial charge on any atom is 0.167 e. The molecule has 2 aromatic carbocycles. The Morgan fingerprint density at radius 3 is 1.62 bits per heavy atom. The Balaban J connectivity index is 2.12. The molecule has 0 aliphatic carbocycles. The molecule has 0 aliphatic heterocycles. The van der Waals surface area contributed by atoms with Crippen LogP contribution >= 0.6 is 0 Å². The Kier molecular flexibility index (Phi) is 8.31. The van der Waals surface area contributed by atoms with Gasteiger partial charge in [-0.05, 0) is 13.8 Å². The number of carbonyl (C=O) groups excluding carboxylic acids is 2. The number of methoxy groups -OCH3 is 3. The van der Waals surface area contributed by atoms with Crippen molar-refractivity contribution in [1.29, 1.82) is 0 Å². The van der Waals surface area contributed by atoms with Gasteiger partial charge >= 0.3 is 0 Å². The number of aromatic hydroxyl groups is 3. The molecule has 2 aromatic rings. The minimum Gasteiger partial charge on any atom is -0.507 e. The molecule has 0 aliphatic rings. The van der Waals surface area contributed by atoms with Crippen LogP contribution in [0.3, 0.4) is 0 Å². The number of carbonyl (C=O) groups is 2. The fraction of sp³-hybridized carbons (Fsp3) is 0.391. The van der Waals surface area contributed by atoms with E-state index in [1.165, 1.54) is 47.3 Å². The van der Waals surface area contributed by atoms with Gasteiger partial charge in [-0.3, -0.25) is 9.59 Å². The van der Waals surface area contributed by atoms with Crippen LogP contribution in [0.25, 0.3) is 0 Å². The first kappa shape index (κ1) is 24.8. The van der Waals surface area contributed by atoms with Crippen molar-refractivity contribution in [1.82, 2.24) is 0 Å². The summed E-state index contributed by atoms with van der Waals surface area (Å²) in [6.07, 6.45) is 0.366. The predicted molar refractivity (Wildman–Crippen MR) is 116 cm³/mol. The highest BCUT2D eigenvalue weighted by atomic mass is 16.5. The van der Waals surface area contributed by atoms with Gasteiger partial charge in [0, 0.05) is 36.1 Å². The summed E-state index contributed by atoms with van der Waals surface area (Å²) in [7, 11) is 4.17. The van der Waals surface area contributed by atoms with Gasteiger partial charge < -0.3 is 34.3 Å². The Morgan fingerprint density at radius 1 is 0.719 bits per heavy atom. The summed E-state index contributed by atoms with van der Waals surface area (Å²) in [5.41, 5.74) is 0.616. The maximum atomic E-state index is 11.9. The average molecular weight is 448 g/mol. The highest BCUT2D eigenvalue weighted by Gasteiger charge is 2.23. The van der Waals surface area contributed by atoms with Gasteiger partial charge in [0.1, 0.15) is 45.6 Å². The van der Waals surface area contributed by atoms with E-state index in [2.05, 4.69) is 0 Å². The van der Waals surface area contributed by atoms with Gasteiger partial charge in [0.05, 0.1) is 34.5 Å². The molecule has 0 saturated carbocycles. The summed E-state index contributed by atoms with van der Waals surface area (Å²) in [4.78, 5) is 23.8. The number of Topliss-reactive ketones (excluding diaryl/α,β-unsaturated/α-hetero) is 2. The van der Waals surface area contributed by atoms with Gasteiger partial charge in [-0.25, -0.2) is 0 Å². The molecule has 0 atom stereocenters. The van der Waals surface area contributed by atoms with Crippen LogP contribution in [0, 0.1) is 0 Å². The molecule has 0 heterocycles. The molecule has 0 aromatic heterocycles. The summed E-state index contributed by atoms with van der Waals surface area (Å²) < 4.78 is 21.1. The Hall–Kier alpha value is -3.46. The first-order valence-electron chi connectivity index (χ1n) is 9.86. The number of ether oxygens (including phenoxy) is 4. The van der Waals surface area contributed by atoms with E-state index in [4.69, 9.17) is 18.9 Å². The van der Waals surface area contributed by atoms with Crippen LogP contribution in [0.5, 0.6) is 34.5 Å². The number of phenols is 3. The SMILES string of the molecule is COc1cc(OC)c(C(C)=O)c(O)c1CCOCCc1c(O)cc(OC)c(C(C)=O)c1O. The number of hydrogen-bond donors (Lipinski definition) is 3. The monoisotopic (exact) mass is 448 g/mol. The van der Waals surface area contributed by atoms with Crippen LogP contribution < -0.4 is 14.2 Å². The first-order chi connectivity index (χ1) is 15.2. The Morgan fingerprint density at radius 2 is 1.16 bits per heavy atom. The lowest BCUT2D eigenvalue weighted by atomic mass is 10.0. The molecule has 0 fully saturated rings. The fourth-order valence-corrected chi connectivity index (χ4v) is 3.46. The van der Waals surface area contributed by atoms with Gasteiger partial charge in [-0.15, -0.1) is 0 Å². The van der Waals surface area contributed by atoms with Gasteiger partial charge in [0.2, 0.25) is 0 Å². The molecule has 9 heteroatoms. The van der Waals surface area contributed by atoms with Crippen LogP contribution in [0.15, 0.2) is 12.1 Å². The van der Waals surface area contributed by atoms with Gasteiger partial charge in [0.25, 0.3) is 0 Å². The van der Waals surface area contributed by atoms with E-state index < -0.39 is 5.78 Å². The van der Waals surface area contributed by atoms with E-state index >= 15 is 0 Å². The number of hydrogen-bond acceptors (Lipinski definition) is 9. The molecule has 174 valence electrons. The van der Waals surface area contributed by atoms with Crippen molar-refractivity contribution in [2.24, 2.45) is 0 Å². The lowest BCUT2D eigenvalue weighted by Gasteiger charge is -2.17. The lowest BCUT2D eigenvalue weighted by Crippen LogP contribution is -2.08. The highest BCUT2D eigenvalue weighted by molar-refractivity contribution is 6.01. The van der Waals surface area contributed by atoms with Crippen molar-refractivity contribution < 1.29 is 43.9 Å². The lowest BCUT2D eigenvalue weighted by molar-refractivity contribution is 0.0998. The zero-order valence-corrected chi connectivity index (χ0v) is 18.8. The van der Waals surface area contributed by atoms with E-state index in [1.807, 2.05) is 0 Å². The third-order valence-electron chi connectivity index (χ3n) is 5.03. The Labute approximate surface area is 186 Å². The van der Waals surface area contributed by atoms with E-state index in [-0.39, 0.29) is 77.3 Å². The van der Waals surface area contributed by atoms with Crippen LogP contribution in [0.1, 0.15) is 45.7 Å². The topological polar surface area (TPSA) is 132 Å². The molecule has 0 amide bonds. The van der Waals surface area contributed by atoms with Crippen molar-refractivity contribution in [3.8, 4) is 34.5 Å². The third-order valence-corrected chi connectivity index (χ3v) is 5.03. The largest absolute Gasteiger partial charge is 0.507 e. The van der Waals surface area contributed by atoms with Gasteiger partial charge in [-0.1, -0.05) is 0 Å². The van der Waals surface area contributed by atoms with E-state index in [0.717, 1.165) is 0 Å². The van der Waals surface area contributed by atoms with E-state index in [9.17, 15) is 24.9 Å². The molecule has 0 saturated heterocycles. The summed E-state index contributed by atoms with van der Waals surface area (Å²) in [6, 6.07) is 2.80. The summed E-state index contributed by atoms with van der Waals surface area (Å²) >= 11 is 0. The summed E-state index contributed by atoms with van der Waals surface area (Å²) in [5.74, 6) is -0.894. The minimum absolute atomic E-state index is 0.00930. The van der Waals surface area contributed by atoms with Crippen molar-refractivity contribution in [2.75, 3.05) is 34.5 Å². The zero-order chi connectivity index (χ0) is 24.0. The second-order valence-corrected chi connectivity index (χ2v) is 7.01. The fourth-order valence-electron chi connectivity index (χ4n) is 3.46. The van der Waals surface area contributed by atoms with Crippen LogP contribution in [-0.4, -0.2) is 61.4 Å². The number of rotatable bonds is 11. The summed E-state index contributed by atoms with van der Waals surface area (Å²) in [5, 5.41) is 31.2. The number of phenolic OH excluding ortho intramolecular Hbond substituents is 3. The van der Waals surface area contributed by atoms with Crippen LogP contribution in [0.2, 0.25) is 0 Å². The maximum absolute atomic E-state index is 11.9. The summed E-state index contributed by atoms with van der Waals surface area (Å²) in [6.45, 7) is 2.89. The molecule has 0 unspecified atom stereocenters. The first-order valence-corrected chi connectivity index (χ1v) is 9.86. The smallest absolute Gasteiger partial charge is 0.167 e. The molecule has 9 nitrogen and oxygen atoms in total. The highest BCUT2D eigenvalue weighted by Crippen LogP contribution is 2.40. The van der Waals surface area contributed by atoms with Crippen molar-refractivity contribution in [2.45, 2.75) is 26.7 Å². The molecule has 0 spiro atoms. The standard InChI is InChI=1S/C23H28O9/c1-12(24)20-18(30-4)10-16(26)14(22(20)27)6-8-32-9-7-15-17(29-3)11-19(31-5)21(13(2)25)23(15)28/h10-11,26-28H,6-9H2,1-5H3. The van der Waals surface area contributed by atoms with Crippen molar-refractivity contribution in [3.05, 3.63) is 34.4 Å². The zero-order valence-electron chi connectivity index (χ0n) is 18.8. The van der Waals surface area contributed by atoms with Crippen LogP contribution in [0.4, 0.5) is 0 Å². The van der Waals surface area contributed by atoms with Crippen molar-refractivity contribution in [3.63, 3.8) is 0 Å². The van der Waals surface area contributed by atoms with Crippen molar-refractivity contribution >= 4 is 11.6 Å². The third kappa shape index (κ3) is 5.05. The van der Waals surface area contributed by atoms with Gasteiger partial charge in [-0.2, -0.15) is 0 Å². The minimum atomic E-state index is -0.398. The molecule has 0 radical (unpaired) electrons. The molecular weight excluding hydrogens is 420 g/mol. The van der Waals surface area contributed by atoms with E-state index in [0.29, 0.717) is 11.3 Å². The average Bonchev–Trinajstić information content (AvgIpc) is 2.74. The van der Waals surface area contributed by atoms with E-state index in [1.54, 1.807) is 0 Å². The molecule has 3 N–H and O–H groups in total. The normalized spacial score (nSPS) is 10.7. The number of ketones is 2. The second-order valence-electron chi connectivity index (χ2n) is 7.01. The molecule has 32 heavy (non-hydrogen) atoms. The van der Waals surface area contributed by atoms with Crippen LogP contribution in [-0.2, 0) is 17.6 Å². The number of benzene rings is 2. The Bertz CT molecular complexity index is 1010. The predicted octanol–water partition coefficient (Wildman–Crippen LogP) is 3.04. The molecule has 0 bridgehead atoms. The second kappa shape index (κ2) is 10.7.